The van der Waals surface area contributed by atoms with Gasteiger partial charge in [-0.2, -0.15) is 0 Å². The van der Waals surface area contributed by atoms with Crippen molar-refractivity contribution in [3.05, 3.63) is 52.8 Å². The van der Waals surface area contributed by atoms with Crippen molar-refractivity contribution < 1.29 is 9.53 Å². The molecule has 0 radical (unpaired) electrons. The van der Waals surface area contributed by atoms with Crippen molar-refractivity contribution in [3.8, 4) is 0 Å². The molecule has 0 atom stereocenters. The molecule has 1 aromatic heterocycles. The Morgan fingerprint density at radius 2 is 1.96 bits per heavy atom. The van der Waals surface area contributed by atoms with E-state index in [1.54, 1.807) is 20.8 Å². The molecule has 0 aliphatic rings. The number of nitrogens with one attached hydrogen (secondary N) is 1. The van der Waals surface area contributed by atoms with Crippen LogP contribution in [0.4, 0.5) is 5.95 Å². The predicted octanol–water partition coefficient (Wildman–Crippen LogP) is 3.74. The van der Waals surface area contributed by atoms with E-state index in [0.29, 0.717) is 12.5 Å². The molecule has 5 nitrogen and oxygen atoms in total. The van der Waals surface area contributed by atoms with Crippen LogP contribution < -0.4 is 5.32 Å². The Kier molecular flexibility index (Phi) is 5.55. The fourth-order valence-electron chi connectivity index (χ4n) is 1.89. The number of carbonyl (C=O) groups excluding carboxylic acids is 1. The predicted molar refractivity (Wildman–Crippen MR) is 90.8 cm³/mol. The maximum Gasteiger partial charge on any atom is 0.359 e. The highest BCUT2D eigenvalue weighted by Crippen LogP contribution is 2.18. The van der Waals surface area contributed by atoms with Gasteiger partial charge in [0.25, 0.3) is 0 Å². The molecule has 1 heterocycles. The van der Waals surface area contributed by atoms with Gasteiger partial charge in [-0.05, 0) is 32.8 Å². The molecule has 2 rings (SSSR count). The summed E-state index contributed by atoms with van der Waals surface area (Å²) in [6.07, 6.45) is 2.23. The molecule has 2 aromatic rings. The minimum absolute atomic E-state index is 0.0683. The van der Waals surface area contributed by atoms with Crippen molar-refractivity contribution in [2.75, 3.05) is 11.9 Å². The molecule has 1 aromatic carbocycles. The maximum absolute atomic E-state index is 12.1. The van der Waals surface area contributed by atoms with Crippen LogP contribution in [0.5, 0.6) is 0 Å². The zero-order chi connectivity index (χ0) is 16.9. The highest BCUT2D eigenvalue weighted by Gasteiger charge is 2.22. The largest absolute Gasteiger partial charge is 0.455 e. The summed E-state index contributed by atoms with van der Waals surface area (Å²) < 4.78 is 5.29. The van der Waals surface area contributed by atoms with E-state index in [-0.39, 0.29) is 10.7 Å². The van der Waals surface area contributed by atoms with Crippen LogP contribution in [-0.2, 0) is 11.2 Å². The minimum atomic E-state index is -0.605. The highest BCUT2D eigenvalue weighted by atomic mass is 35.5. The lowest BCUT2D eigenvalue weighted by Gasteiger charge is -2.19. The van der Waals surface area contributed by atoms with Crippen molar-refractivity contribution in [2.45, 2.75) is 32.8 Å². The summed E-state index contributed by atoms with van der Waals surface area (Å²) >= 11 is 6.00. The first kappa shape index (κ1) is 17.2. The first-order valence-electron chi connectivity index (χ1n) is 7.39. The average molecular weight is 334 g/mol. The van der Waals surface area contributed by atoms with Crippen molar-refractivity contribution in [2.24, 2.45) is 0 Å². The summed E-state index contributed by atoms with van der Waals surface area (Å²) in [5.41, 5.74) is 0.673. The van der Waals surface area contributed by atoms with Crippen LogP contribution in [0.25, 0.3) is 0 Å². The lowest BCUT2D eigenvalue weighted by atomic mass is 10.1. The quantitative estimate of drug-likeness (QED) is 0.844. The maximum atomic E-state index is 12.1. The second-order valence-corrected chi connectivity index (χ2v) is 6.46. The number of anilines is 1. The van der Waals surface area contributed by atoms with E-state index < -0.39 is 11.6 Å². The number of carbonyl (C=O) groups is 1. The Balaban J connectivity index is 2.01. The molecular formula is C17H20ClN3O2. The number of hydrogen-bond donors (Lipinski definition) is 1. The van der Waals surface area contributed by atoms with Crippen LogP contribution in [0.2, 0.25) is 5.02 Å². The Labute approximate surface area is 141 Å². The number of benzene rings is 1. The number of esters is 1. The first-order chi connectivity index (χ1) is 10.8. The normalized spacial score (nSPS) is 11.1. The minimum Gasteiger partial charge on any atom is -0.455 e. The number of nitrogens with zero attached hydrogens (tertiary/aromatic N) is 2. The van der Waals surface area contributed by atoms with Gasteiger partial charge in [0.2, 0.25) is 5.95 Å². The molecular weight excluding hydrogens is 314 g/mol. The van der Waals surface area contributed by atoms with E-state index >= 15 is 0 Å². The van der Waals surface area contributed by atoms with Gasteiger partial charge in [-0.3, -0.25) is 0 Å². The third kappa shape index (κ3) is 5.53. The number of halogens is 1. The Bertz CT molecular complexity index is 669. The zero-order valence-corrected chi connectivity index (χ0v) is 14.2. The Hall–Kier alpha value is -2.14. The third-order valence-electron chi connectivity index (χ3n) is 2.88. The van der Waals surface area contributed by atoms with Crippen LogP contribution in [0.15, 0.2) is 36.5 Å². The van der Waals surface area contributed by atoms with Crippen molar-refractivity contribution in [3.63, 3.8) is 0 Å². The van der Waals surface area contributed by atoms with Crippen molar-refractivity contribution in [1.29, 1.82) is 0 Å². The molecule has 0 spiro atoms. The molecule has 0 fully saturated rings. The van der Waals surface area contributed by atoms with Gasteiger partial charge in [0.15, 0.2) is 5.69 Å². The van der Waals surface area contributed by atoms with Gasteiger partial charge in [0.05, 0.1) is 11.2 Å². The fraction of sp³-hybridized carbons (Fsp3) is 0.353. The molecule has 1 N–H and O–H groups in total. The topological polar surface area (TPSA) is 64.1 Å². The summed E-state index contributed by atoms with van der Waals surface area (Å²) in [4.78, 5) is 20.3. The van der Waals surface area contributed by atoms with E-state index in [0.717, 1.165) is 6.42 Å². The molecule has 0 saturated heterocycles. The summed E-state index contributed by atoms with van der Waals surface area (Å²) in [7, 11) is 0. The zero-order valence-electron chi connectivity index (χ0n) is 13.5. The summed E-state index contributed by atoms with van der Waals surface area (Å²) in [6.45, 7) is 6.02. The molecule has 122 valence electrons. The molecule has 0 aliphatic carbocycles. The molecule has 23 heavy (non-hydrogen) atoms. The van der Waals surface area contributed by atoms with Gasteiger partial charge < -0.3 is 10.1 Å². The van der Waals surface area contributed by atoms with E-state index in [1.807, 2.05) is 18.2 Å². The molecule has 0 amide bonds. The molecule has 0 unspecified atom stereocenters. The van der Waals surface area contributed by atoms with Gasteiger partial charge in [0, 0.05) is 6.54 Å². The van der Waals surface area contributed by atoms with E-state index in [1.165, 1.54) is 11.8 Å². The number of hydrogen-bond acceptors (Lipinski definition) is 5. The first-order valence-corrected chi connectivity index (χ1v) is 7.76. The molecule has 0 aliphatic heterocycles. The smallest absolute Gasteiger partial charge is 0.359 e. The highest BCUT2D eigenvalue weighted by molar-refractivity contribution is 6.33. The van der Waals surface area contributed by atoms with Crippen LogP contribution >= 0.6 is 11.6 Å². The van der Waals surface area contributed by atoms with E-state index in [2.05, 4.69) is 27.4 Å². The van der Waals surface area contributed by atoms with Crippen LogP contribution in [0.3, 0.4) is 0 Å². The lowest BCUT2D eigenvalue weighted by molar-refractivity contribution is 0.00630. The summed E-state index contributed by atoms with van der Waals surface area (Å²) in [5, 5.41) is 3.26. The van der Waals surface area contributed by atoms with Gasteiger partial charge in [-0.25, -0.2) is 14.8 Å². The molecule has 0 saturated carbocycles. The number of rotatable bonds is 5. The second kappa shape index (κ2) is 7.42. The SMILES string of the molecule is CC(C)(C)OC(=O)c1nc(NCCc2ccccc2)ncc1Cl. The van der Waals surface area contributed by atoms with Crippen LogP contribution in [0.1, 0.15) is 36.8 Å². The monoisotopic (exact) mass is 333 g/mol. The average Bonchev–Trinajstić information content (AvgIpc) is 2.48. The van der Waals surface area contributed by atoms with Crippen LogP contribution in [-0.4, -0.2) is 28.1 Å². The Morgan fingerprint density at radius 3 is 2.61 bits per heavy atom. The van der Waals surface area contributed by atoms with Crippen molar-refractivity contribution in [1.82, 2.24) is 9.97 Å². The van der Waals surface area contributed by atoms with Gasteiger partial charge in [0.1, 0.15) is 5.60 Å². The number of aromatic nitrogens is 2. The molecule has 0 bridgehead atoms. The summed E-state index contributed by atoms with van der Waals surface area (Å²) in [6, 6.07) is 10.1. The molecule has 6 heteroatoms. The van der Waals surface area contributed by atoms with Crippen molar-refractivity contribution >= 4 is 23.5 Å². The standard InChI is InChI=1S/C17H20ClN3O2/c1-17(2,3)23-15(22)14-13(18)11-20-16(21-14)19-10-9-12-7-5-4-6-8-12/h4-8,11H,9-10H2,1-3H3,(H,19,20,21). The van der Waals surface area contributed by atoms with E-state index in [9.17, 15) is 4.79 Å². The van der Waals surface area contributed by atoms with E-state index in [4.69, 9.17) is 16.3 Å². The van der Waals surface area contributed by atoms with Gasteiger partial charge >= 0.3 is 5.97 Å². The second-order valence-electron chi connectivity index (χ2n) is 6.05. The van der Waals surface area contributed by atoms with Crippen LogP contribution in [0, 0.1) is 0 Å². The lowest BCUT2D eigenvalue weighted by Crippen LogP contribution is -2.25. The van der Waals surface area contributed by atoms with Gasteiger partial charge in [-0.15, -0.1) is 0 Å². The Morgan fingerprint density at radius 1 is 1.26 bits per heavy atom. The fourth-order valence-corrected chi connectivity index (χ4v) is 2.05. The van der Waals surface area contributed by atoms with Gasteiger partial charge in [-0.1, -0.05) is 41.9 Å². The summed E-state index contributed by atoms with van der Waals surface area (Å²) in [5.74, 6) is -0.206. The third-order valence-corrected chi connectivity index (χ3v) is 3.15. The number of ether oxygens (including phenoxy) is 1.